The lowest BCUT2D eigenvalue weighted by Crippen LogP contribution is -2.37. The lowest BCUT2D eigenvalue weighted by molar-refractivity contribution is -0.133. The molecule has 0 fully saturated rings. The molecule has 1 N–H and O–H groups in total. The molecule has 0 aromatic carbocycles. The second-order valence-corrected chi connectivity index (χ2v) is 6.27. The van der Waals surface area contributed by atoms with Crippen LogP contribution in [0.15, 0.2) is 20.7 Å². The minimum atomic E-state index is -0.966. The van der Waals surface area contributed by atoms with Crippen LogP contribution >= 0.6 is 11.8 Å². The van der Waals surface area contributed by atoms with Crippen molar-refractivity contribution in [2.24, 2.45) is 14.1 Å². The van der Waals surface area contributed by atoms with Crippen molar-refractivity contribution in [3.63, 3.8) is 0 Å². The molecule has 0 atom stereocenters. The molecule has 2 aromatic heterocycles. The number of hydrogen-bond donors (Lipinski definition) is 1. The Morgan fingerprint density at radius 1 is 1.32 bits per heavy atom. The maximum absolute atomic E-state index is 12.5. The van der Waals surface area contributed by atoms with E-state index in [0.29, 0.717) is 10.3 Å². The van der Waals surface area contributed by atoms with Gasteiger partial charge in [0.2, 0.25) is 0 Å². The smallest absolute Gasteiger partial charge is 0.332 e. The van der Waals surface area contributed by atoms with Crippen LogP contribution < -0.4 is 11.2 Å². The lowest BCUT2D eigenvalue weighted by atomic mass is 10.0. The SMILES string of the molecule is CC(C)c1cnc2c(c1SCC(=O)O)c(=O)n(C)c(=O)n2C. The van der Waals surface area contributed by atoms with Crippen molar-refractivity contribution in [1.82, 2.24) is 14.1 Å². The van der Waals surface area contributed by atoms with Gasteiger partial charge in [-0.3, -0.25) is 18.7 Å². The Kier molecular flexibility index (Phi) is 4.41. The van der Waals surface area contributed by atoms with Gasteiger partial charge in [0.15, 0.2) is 0 Å². The molecule has 0 radical (unpaired) electrons. The summed E-state index contributed by atoms with van der Waals surface area (Å²) in [5.74, 6) is -1.05. The summed E-state index contributed by atoms with van der Waals surface area (Å²) < 4.78 is 2.31. The van der Waals surface area contributed by atoms with Crippen LogP contribution in [0.25, 0.3) is 11.0 Å². The number of rotatable bonds is 4. The number of carboxylic acids is 1. The molecule has 0 spiro atoms. The van der Waals surface area contributed by atoms with Crippen molar-refractivity contribution in [2.75, 3.05) is 5.75 Å². The number of aliphatic carboxylic acids is 1. The van der Waals surface area contributed by atoms with E-state index in [9.17, 15) is 14.4 Å². The predicted molar refractivity (Wildman–Crippen MR) is 84.7 cm³/mol. The number of pyridine rings is 1. The zero-order valence-electron chi connectivity index (χ0n) is 12.8. The van der Waals surface area contributed by atoms with E-state index in [1.54, 1.807) is 6.20 Å². The average Bonchev–Trinajstić information content (AvgIpc) is 2.47. The van der Waals surface area contributed by atoms with Crippen LogP contribution in [0.2, 0.25) is 0 Å². The minimum absolute atomic E-state index is 0.0788. The molecule has 0 unspecified atom stereocenters. The number of aromatic nitrogens is 3. The number of hydrogen-bond acceptors (Lipinski definition) is 5. The molecule has 7 nitrogen and oxygen atoms in total. The van der Waals surface area contributed by atoms with E-state index >= 15 is 0 Å². The highest BCUT2D eigenvalue weighted by Gasteiger charge is 2.19. The average molecular weight is 323 g/mol. The zero-order chi connectivity index (χ0) is 16.6. The van der Waals surface area contributed by atoms with Gasteiger partial charge in [-0.15, -0.1) is 11.8 Å². The molecule has 0 bridgehead atoms. The summed E-state index contributed by atoms with van der Waals surface area (Å²) in [5, 5.41) is 9.22. The highest BCUT2D eigenvalue weighted by molar-refractivity contribution is 8.00. The monoisotopic (exact) mass is 323 g/mol. The van der Waals surface area contributed by atoms with Crippen LogP contribution in [0.5, 0.6) is 0 Å². The van der Waals surface area contributed by atoms with E-state index in [0.717, 1.165) is 21.9 Å². The van der Waals surface area contributed by atoms with Gasteiger partial charge in [0.25, 0.3) is 5.56 Å². The summed E-state index contributed by atoms with van der Waals surface area (Å²) in [6.45, 7) is 3.89. The third kappa shape index (κ3) is 2.66. The molecule has 8 heteroatoms. The Morgan fingerprint density at radius 2 is 1.95 bits per heavy atom. The Hall–Kier alpha value is -2.09. The van der Waals surface area contributed by atoms with Crippen molar-refractivity contribution in [3.8, 4) is 0 Å². The molecule has 22 heavy (non-hydrogen) atoms. The first-order valence-corrected chi connectivity index (χ1v) is 7.67. The molecule has 0 saturated carbocycles. The van der Waals surface area contributed by atoms with Gasteiger partial charge in [0, 0.05) is 25.2 Å². The third-order valence-corrected chi connectivity index (χ3v) is 4.53. The standard InChI is InChI=1S/C14H17N3O4S/c1-7(2)8-5-15-12-10(11(8)22-6-9(18)19)13(20)17(4)14(21)16(12)3/h5,7H,6H2,1-4H3,(H,18,19). The highest BCUT2D eigenvalue weighted by atomic mass is 32.2. The second kappa shape index (κ2) is 5.96. The first-order valence-electron chi connectivity index (χ1n) is 6.69. The highest BCUT2D eigenvalue weighted by Crippen LogP contribution is 2.32. The van der Waals surface area contributed by atoms with Gasteiger partial charge >= 0.3 is 11.7 Å². The molecule has 0 aliphatic heterocycles. The number of fused-ring (bicyclic) bond motifs is 1. The quantitative estimate of drug-likeness (QED) is 0.841. The molecule has 2 aromatic rings. The fraction of sp³-hybridized carbons (Fsp3) is 0.429. The fourth-order valence-corrected chi connectivity index (χ4v) is 3.26. The van der Waals surface area contributed by atoms with Crippen LogP contribution in [0.3, 0.4) is 0 Å². The van der Waals surface area contributed by atoms with Crippen molar-refractivity contribution in [3.05, 3.63) is 32.6 Å². The number of carbonyl (C=O) groups is 1. The summed E-state index contributed by atoms with van der Waals surface area (Å²) in [6, 6.07) is 0. The van der Waals surface area contributed by atoms with Crippen molar-refractivity contribution >= 4 is 28.8 Å². The molecule has 2 heterocycles. The summed E-state index contributed by atoms with van der Waals surface area (Å²) in [5.41, 5.74) is 0.150. The third-order valence-electron chi connectivity index (χ3n) is 3.41. The lowest BCUT2D eigenvalue weighted by Gasteiger charge is -2.15. The van der Waals surface area contributed by atoms with E-state index < -0.39 is 17.2 Å². The zero-order valence-corrected chi connectivity index (χ0v) is 13.6. The van der Waals surface area contributed by atoms with E-state index in [-0.39, 0.29) is 17.3 Å². The van der Waals surface area contributed by atoms with E-state index in [4.69, 9.17) is 5.11 Å². The van der Waals surface area contributed by atoms with E-state index in [1.807, 2.05) is 13.8 Å². The maximum Gasteiger partial charge on any atom is 0.332 e. The van der Waals surface area contributed by atoms with Gasteiger partial charge in [-0.1, -0.05) is 13.8 Å². The van der Waals surface area contributed by atoms with Gasteiger partial charge in [-0.25, -0.2) is 9.78 Å². The molecule has 0 aliphatic carbocycles. The topological polar surface area (TPSA) is 94.2 Å². The van der Waals surface area contributed by atoms with Crippen molar-refractivity contribution in [2.45, 2.75) is 24.7 Å². The Labute approximate surface area is 130 Å². The molecule has 0 saturated heterocycles. The van der Waals surface area contributed by atoms with Gasteiger partial charge in [-0.2, -0.15) is 0 Å². The summed E-state index contributed by atoms with van der Waals surface area (Å²) >= 11 is 1.08. The van der Waals surface area contributed by atoms with Gasteiger partial charge < -0.3 is 5.11 Å². The normalized spacial score (nSPS) is 11.3. The number of thioether (sulfide) groups is 1. The molecular formula is C14H17N3O4S. The number of carboxylic acid groups (broad SMARTS) is 1. The Balaban J connectivity index is 2.92. The van der Waals surface area contributed by atoms with E-state index in [2.05, 4.69) is 4.98 Å². The van der Waals surface area contributed by atoms with Gasteiger partial charge in [0.1, 0.15) is 5.65 Å². The van der Waals surface area contributed by atoms with Crippen LogP contribution in [0.4, 0.5) is 0 Å². The first kappa shape index (κ1) is 16.3. The second-order valence-electron chi connectivity index (χ2n) is 5.28. The minimum Gasteiger partial charge on any atom is -0.481 e. The number of aryl methyl sites for hydroxylation is 1. The van der Waals surface area contributed by atoms with Crippen LogP contribution in [0.1, 0.15) is 25.3 Å². The predicted octanol–water partition coefficient (Wildman–Crippen LogP) is 0.932. The summed E-state index contributed by atoms with van der Waals surface area (Å²) in [6.07, 6.45) is 1.61. The van der Waals surface area contributed by atoms with E-state index in [1.165, 1.54) is 18.7 Å². The molecule has 2 rings (SSSR count). The summed E-state index contributed by atoms with van der Waals surface area (Å²) in [4.78, 5) is 40.2. The molecule has 118 valence electrons. The maximum atomic E-state index is 12.5. The molecule has 0 amide bonds. The van der Waals surface area contributed by atoms with Crippen LogP contribution in [0, 0.1) is 0 Å². The van der Waals surface area contributed by atoms with Crippen molar-refractivity contribution in [1.29, 1.82) is 0 Å². The molecule has 0 aliphatic rings. The Bertz CT molecular complexity index is 867. The molecular weight excluding hydrogens is 306 g/mol. The number of nitrogens with zero attached hydrogens (tertiary/aromatic N) is 3. The van der Waals surface area contributed by atoms with Crippen molar-refractivity contribution < 1.29 is 9.90 Å². The largest absolute Gasteiger partial charge is 0.481 e. The van der Waals surface area contributed by atoms with Crippen LogP contribution in [-0.2, 0) is 18.9 Å². The van der Waals surface area contributed by atoms with Gasteiger partial charge in [0.05, 0.1) is 11.1 Å². The fourth-order valence-electron chi connectivity index (χ4n) is 2.22. The van der Waals surface area contributed by atoms with Gasteiger partial charge in [-0.05, 0) is 11.5 Å². The first-order chi connectivity index (χ1) is 10.3. The van der Waals surface area contributed by atoms with Crippen LogP contribution in [-0.4, -0.2) is 30.9 Å². The Morgan fingerprint density at radius 3 is 2.50 bits per heavy atom. The summed E-state index contributed by atoms with van der Waals surface area (Å²) in [7, 11) is 2.94.